The second-order valence-corrected chi connectivity index (χ2v) is 14.9. The third kappa shape index (κ3) is 7.25. The molecule has 236 valence electrons. The Hall–Kier alpha value is -1.34. The molecule has 0 aromatic rings. The lowest BCUT2D eigenvalue weighted by Gasteiger charge is -2.61. The van der Waals surface area contributed by atoms with Gasteiger partial charge in [0.05, 0.1) is 6.04 Å². The van der Waals surface area contributed by atoms with Crippen LogP contribution < -0.4 is 22.1 Å². The molecular formula is C34H62N4O3. The molecule has 0 aromatic heterocycles. The molecule has 0 radical (unpaired) electrons. The van der Waals surface area contributed by atoms with Crippen molar-refractivity contribution < 1.29 is 14.3 Å². The average molecular weight is 575 g/mol. The third-order valence-electron chi connectivity index (χ3n) is 12.7. The molecule has 4 fully saturated rings. The maximum Gasteiger partial charge on any atom is 0.407 e. The third-order valence-corrected chi connectivity index (χ3v) is 12.7. The maximum absolute atomic E-state index is 12.5. The van der Waals surface area contributed by atoms with Crippen LogP contribution in [0.1, 0.15) is 124 Å². The molecule has 0 spiro atoms. The quantitative estimate of drug-likeness (QED) is 0.197. The summed E-state index contributed by atoms with van der Waals surface area (Å²) in [6, 6.07) is -0.552. The van der Waals surface area contributed by atoms with E-state index in [1.807, 2.05) is 0 Å². The van der Waals surface area contributed by atoms with E-state index >= 15 is 0 Å². The summed E-state index contributed by atoms with van der Waals surface area (Å²) in [6.45, 7) is 11.4. The fraction of sp³-hybridized carbons (Fsp3) is 0.941. The standard InChI is InChI=1S/C34H62N4O3/c1-5-6-7-9-23(2)27-13-14-28-26-12-11-24-22-25(15-17-33(24,3)29(26)16-18-34(27,28)4)41-32(40)38-21-20-37-31(39)30(36)10-8-19-35/h23-30H,5-22,35-36H2,1-4H3,(H,37,39)(H,38,40). The van der Waals surface area contributed by atoms with E-state index in [4.69, 9.17) is 16.2 Å². The Kier molecular flexibility index (Phi) is 11.5. The fourth-order valence-electron chi connectivity index (χ4n) is 10.4. The van der Waals surface area contributed by atoms with Crippen molar-refractivity contribution >= 4 is 12.0 Å². The second-order valence-electron chi connectivity index (χ2n) is 14.9. The van der Waals surface area contributed by atoms with Gasteiger partial charge in [0, 0.05) is 13.1 Å². The van der Waals surface area contributed by atoms with Gasteiger partial charge in [-0.3, -0.25) is 4.79 Å². The Balaban J connectivity index is 1.24. The molecule has 7 heteroatoms. The van der Waals surface area contributed by atoms with E-state index in [1.54, 1.807) is 0 Å². The van der Waals surface area contributed by atoms with Crippen LogP contribution in [-0.4, -0.2) is 43.8 Å². The first-order valence-electron chi connectivity index (χ1n) is 17.3. The Labute approximate surface area is 250 Å². The van der Waals surface area contributed by atoms with Gasteiger partial charge in [0.15, 0.2) is 0 Å². The molecule has 0 bridgehead atoms. The lowest BCUT2D eigenvalue weighted by Crippen LogP contribution is -2.54. The number of hydrogen-bond acceptors (Lipinski definition) is 5. The summed E-state index contributed by atoms with van der Waals surface area (Å²) < 4.78 is 5.89. The number of rotatable bonds is 13. The SMILES string of the molecule is CCCCCC(C)C1CCC2C3CCC4CC(OC(=O)NCCNC(=O)C(N)CCCN)CCC4(C)C3CCC12C. The first-order chi connectivity index (χ1) is 19.6. The molecule has 4 saturated carbocycles. The minimum absolute atomic E-state index is 0.00223. The van der Waals surface area contributed by atoms with Crippen LogP contribution in [0.15, 0.2) is 0 Å². The van der Waals surface area contributed by atoms with Crippen molar-refractivity contribution in [3.63, 3.8) is 0 Å². The van der Waals surface area contributed by atoms with E-state index in [0.717, 1.165) is 48.9 Å². The lowest BCUT2D eigenvalue weighted by molar-refractivity contribution is -0.129. The normalized spacial score (nSPS) is 37.7. The molecule has 4 aliphatic rings. The van der Waals surface area contributed by atoms with Gasteiger partial charge in [-0.15, -0.1) is 0 Å². The predicted octanol–water partition coefficient (Wildman–Crippen LogP) is 6.14. The molecule has 4 aliphatic carbocycles. The zero-order valence-corrected chi connectivity index (χ0v) is 26.7. The molecule has 0 aromatic carbocycles. The summed E-state index contributed by atoms with van der Waals surface area (Å²) in [5, 5.41) is 5.60. The van der Waals surface area contributed by atoms with Gasteiger partial charge >= 0.3 is 6.09 Å². The van der Waals surface area contributed by atoms with Crippen LogP contribution in [0.2, 0.25) is 0 Å². The second kappa shape index (κ2) is 14.4. The summed E-state index contributed by atoms with van der Waals surface area (Å²) >= 11 is 0. The first kappa shape index (κ1) is 32.6. The van der Waals surface area contributed by atoms with Crippen LogP contribution in [0.3, 0.4) is 0 Å². The Morgan fingerprint density at radius 2 is 1.63 bits per heavy atom. The summed E-state index contributed by atoms with van der Waals surface area (Å²) in [4.78, 5) is 24.6. The molecule has 41 heavy (non-hydrogen) atoms. The molecule has 10 atom stereocenters. The van der Waals surface area contributed by atoms with E-state index in [1.165, 1.54) is 70.6 Å². The van der Waals surface area contributed by atoms with E-state index in [0.29, 0.717) is 42.8 Å². The highest BCUT2D eigenvalue weighted by Crippen LogP contribution is 2.68. The van der Waals surface area contributed by atoms with Crippen molar-refractivity contribution in [3.05, 3.63) is 0 Å². The molecule has 0 aliphatic heterocycles. The smallest absolute Gasteiger partial charge is 0.407 e. The topological polar surface area (TPSA) is 119 Å². The predicted molar refractivity (Wildman–Crippen MR) is 166 cm³/mol. The largest absolute Gasteiger partial charge is 0.446 e. The number of alkyl carbamates (subject to hydrolysis) is 1. The van der Waals surface area contributed by atoms with Crippen LogP contribution in [0.25, 0.3) is 0 Å². The van der Waals surface area contributed by atoms with Gasteiger partial charge in [-0.25, -0.2) is 4.79 Å². The number of carbonyl (C=O) groups is 2. The molecule has 4 rings (SSSR count). The van der Waals surface area contributed by atoms with Gasteiger partial charge in [-0.1, -0.05) is 53.4 Å². The maximum atomic E-state index is 12.5. The van der Waals surface area contributed by atoms with E-state index in [2.05, 4.69) is 38.3 Å². The zero-order chi connectivity index (χ0) is 29.6. The zero-order valence-electron chi connectivity index (χ0n) is 26.7. The van der Waals surface area contributed by atoms with Gasteiger partial charge in [-0.2, -0.15) is 0 Å². The summed E-state index contributed by atoms with van der Waals surface area (Å²) in [7, 11) is 0. The van der Waals surface area contributed by atoms with E-state index in [-0.39, 0.29) is 18.1 Å². The van der Waals surface area contributed by atoms with Crippen molar-refractivity contribution in [2.24, 2.45) is 57.8 Å². The highest BCUT2D eigenvalue weighted by atomic mass is 16.6. The molecule has 0 saturated heterocycles. The Morgan fingerprint density at radius 1 is 0.902 bits per heavy atom. The number of unbranched alkanes of at least 4 members (excludes halogenated alkanes) is 2. The molecular weight excluding hydrogens is 512 g/mol. The van der Waals surface area contributed by atoms with E-state index < -0.39 is 6.04 Å². The first-order valence-corrected chi connectivity index (χ1v) is 17.3. The van der Waals surface area contributed by atoms with Gasteiger partial charge in [0.2, 0.25) is 5.91 Å². The van der Waals surface area contributed by atoms with Gasteiger partial charge in [0.25, 0.3) is 0 Å². The Morgan fingerprint density at radius 3 is 2.39 bits per heavy atom. The number of carbonyl (C=O) groups excluding carboxylic acids is 2. The van der Waals surface area contributed by atoms with Gasteiger partial charge < -0.3 is 26.8 Å². The highest BCUT2D eigenvalue weighted by Gasteiger charge is 2.60. The summed E-state index contributed by atoms with van der Waals surface area (Å²) in [6.07, 6.45) is 18.0. The van der Waals surface area contributed by atoms with Crippen LogP contribution in [0.5, 0.6) is 0 Å². The van der Waals surface area contributed by atoms with Crippen molar-refractivity contribution in [1.82, 2.24) is 10.6 Å². The number of nitrogens with one attached hydrogen (secondary N) is 2. The fourth-order valence-corrected chi connectivity index (χ4v) is 10.4. The number of amides is 2. The molecule has 7 nitrogen and oxygen atoms in total. The van der Waals surface area contributed by atoms with E-state index in [9.17, 15) is 9.59 Å². The van der Waals surface area contributed by atoms with Crippen LogP contribution in [0.4, 0.5) is 4.79 Å². The highest BCUT2D eigenvalue weighted by molar-refractivity contribution is 5.81. The van der Waals surface area contributed by atoms with Crippen molar-refractivity contribution in [2.45, 2.75) is 136 Å². The van der Waals surface area contributed by atoms with Crippen LogP contribution in [0, 0.1) is 46.3 Å². The van der Waals surface area contributed by atoms with Gasteiger partial charge in [0.1, 0.15) is 6.10 Å². The molecule has 10 unspecified atom stereocenters. The van der Waals surface area contributed by atoms with Crippen LogP contribution >= 0.6 is 0 Å². The van der Waals surface area contributed by atoms with Crippen molar-refractivity contribution in [3.8, 4) is 0 Å². The molecule has 0 heterocycles. The monoisotopic (exact) mass is 574 g/mol. The minimum Gasteiger partial charge on any atom is -0.446 e. The van der Waals surface area contributed by atoms with Crippen molar-refractivity contribution in [2.75, 3.05) is 19.6 Å². The minimum atomic E-state index is -0.552. The Bertz CT molecular complexity index is 869. The van der Waals surface area contributed by atoms with Crippen molar-refractivity contribution in [1.29, 1.82) is 0 Å². The molecule has 6 N–H and O–H groups in total. The van der Waals surface area contributed by atoms with Gasteiger partial charge in [-0.05, 0) is 124 Å². The van der Waals surface area contributed by atoms with Crippen LogP contribution in [-0.2, 0) is 9.53 Å². The summed E-state index contributed by atoms with van der Waals surface area (Å²) in [5.41, 5.74) is 12.3. The number of hydrogen-bond donors (Lipinski definition) is 4. The number of ether oxygens (including phenoxy) is 1. The lowest BCUT2D eigenvalue weighted by atomic mass is 9.44. The number of nitrogens with two attached hydrogens (primary N) is 2. The molecule has 2 amide bonds. The average Bonchev–Trinajstić information content (AvgIpc) is 3.31. The summed E-state index contributed by atoms with van der Waals surface area (Å²) in [5.74, 6) is 4.87. The number of fused-ring (bicyclic) bond motifs is 5.